The summed E-state index contributed by atoms with van der Waals surface area (Å²) in [5.74, 6) is -14.3. The Hall–Kier alpha value is -9.72. The topological polar surface area (TPSA) is 547 Å². The van der Waals surface area contributed by atoms with E-state index in [-0.39, 0.29) is 56.1 Å². The first-order valence-corrected chi connectivity index (χ1v) is 24.9. The first kappa shape index (κ1) is 65.6. The molecule has 2 aromatic carbocycles. The van der Waals surface area contributed by atoms with Crippen molar-refractivity contribution in [1.29, 1.82) is 0 Å². The number of nitrogens with zero attached hydrogens (tertiary/aromatic N) is 2. The number of amides is 9. The highest BCUT2D eigenvalue weighted by Gasteiger charge is 2.35. The Balaban J connectivity index is 1.83. The van der Waals surface area contributed by atoms with Crippen molar-refractivity contribution in [3.05, 3.63) is 83.9 Å². The number of hydrogen-bond acceptors (Lipinski definition) is 17. The van der Waals surface area contributed by atoms with Gasteiger partial charge in [-0.1, -0.05) is 42.5 Å². The molecule has 3 aromatic rings. The molecule has 0 aliphatic heterocycles. The number of H-pyrrole nitrogens is 1. The highest BCUT2D eigenvalue weighted by molar-refractivity contribution is 5.99. The van der Waals surface area contributed by atoms with Crippen molar-refractivity contribution in [2.24, 2.45) is 27.9 Å². The molecule has 1 heterocycles. The summed E-state index contributed by atoms with van der Waals surface area (Å²) in [4.78, 5) is 166. The summed E-state index contributed by atoms with van der Waals surface area (Å²) >= 11 is 0. The zero-order valence-corrected chi connectivity index (χ0v) is 43.5. The molecule has 0 aliphatic carbocycles. The van der Waals surface area contributed by atoms with Gasteiger partial charge in [0.25, 0.3) is 0 Å². The average molecular weight is 1140 g/mol. The number of nitrogens with two attached hydrogens (primary N) is 4. The lowest BCUT2D eigenvalue weighted by Gasteiger charge is -2.27. The quantitative estimate of drug-likeness (QED) is 0.0146. The standard InChI is InChI=1S/C49H67N15O17/c50-29(12-14-38(68)69)42(75)61-33(17-25-5-2-1-3-6-25)46(79)60-31(7-4-16-55-49(52)53)44(77)62-34(19-27-21-54-24-57-27)47(80)63-35(20-40(72)73)48(81)64-36(23-65)43(76)56-22-37(67)58-32(18-26-8-10-28(66)11-9-26)45(78)59-30(41(51)74)13-15-39(70)71/h1-3,5-6,8-11,21,24,29-36,65-66H,4,7,12-20,22-23,50H2,(H2,51,74)(H,54,57)(H,56,76)(H,58,67)(H,59,78)(H,60,79)(H,61,75)(H,62,77)(H,63,80)(H,64,81)(H,68,69)(H,70,71)(H,72,73)(H4,52,53,55)/t29-,30-,31-,32-,33-,34-,35-,36-/m0/s1. The second-order valence-electron chi connectivity index (χ2n) is 18.1. The van der Waals surface area contributed by atoms with Crippen LogP contribution in [0.5, 0.6) is 5.75 Å². The van der Waals surface area contributed by atoms with Crippen LogP contribution in [0, 0.1) is 0 Å². The number of aliphatic hydroxyl groups is 1. The summed E-state index contributed by atoms with van der Waals surface area (Å²) in [7, 11) is 0. The molecular formula is C49H67N15O17. The molecule has 22 N–H and O–H groups in total. The van der Waals surface area contributed by atoms with Gasteiger partial charge in [-0.2, -0.15) is 0 Å². The molecule has 0 bridgehead atoms. The number of aromatic amines is 1. The number of aliphatic carboxylic acids is 3. The van der Waals surface area contributed by atoms with Crippen LogP contribution in [0.4, 0.5) is 0 Å². The highest BCUT2D eigenvalue weighted by atomic mass is 16.4. The molecular weight excluding hydrogens is 1070 g/mol. The molecule has 3 rings (SSSR count). The molecule has 81 heavy (non-hydrogen) atoms. The van der Waals surface area contributed by atoms with Crippen LogP contribution in [0.25, 0.3) is 0 Å². The van der Waals surface area contributed by atoms with E-state index in [2.05, 4.69) is 57.5 Å². The van der Waals surface area contributed by atoms with Crippen LogP contribution in [0.2, 0.25) is 0 Å². The number of aromatic hydroxyl groups is 1. The molecule has 0 radical (unpaired) electrons. The Labute approximate surface area is 461 Å². The zero-order valence-electron chi connectivity index (χ0n) is 43.5. The number of phenols is 1. The van der Waals surface area contributed by atoms with Crippen molar-refractivity contribution in [2.45, 2.75) is 113 Å². The average Bonchev–Trinajstić information content (AvgIpc) is 3.95. The number of benzene rings is 2. The van der Waals surface area contributed by atoms with E-state index in [4.69, 9.17) is 33.1 Å². The molecule has 0 saturated carbocycles. The number of carbonyl (C=O) groups excluding carboxylic acids is 9. The van der Waals surface area contributed by atoms with E-state index in [1.807, 2.05) is 0 Å². The molecule has 0 spiro atoms. The van der Waals surface area contributed by atoms with E-state index >= 15 is 0 Å². The fourth-order valence-electron chi connectivity index (χ4n) is 7.45. The Kier molecular flexibility index (Phi) is 27.2. The zero-order chi connectivity index (χ0) is 60.2. The number of imidazole rings is 1. The first-order valence-electron chi connectivity index (χ1n) is 24.9. The maximum Gasteiger partial charge on any atom is 0.305 e. The van der Waals surface area contributed by atoms with Crippen LogP contribution in [0.3, 0.4) is 0 Å². The van der Waals surface area contributed by atoms with Crippen LogP contribution in [0.1, 0.15) is 61.8 Å². The predicted octanol–water partition coefficient (Wildman–Crippen LogP) is -6.28. The molecule has 1 aromatic heterocycles. The van der Waals surface area contributed by atoms with Crippen LogP contribution < -0.4 is 65.5 Å². The Morgan fingerprint density at radius 2 is 1.06 bits per heavy atom. The van der Waals surface area contributed by atoms with Gasteiger partial charge in [0.05, 0.1) is 31.9 Å². The Morgan fingerprint density at radius 3 is 1.62 bits per heavy atom. The minimum atomic E-state index is -2.03. The van der Waals surface area contributed by atoms with E-state index in [0.29, 0.717) is 11.1 Å². The van der Waals surface area contributed by atoms with Crippen molar-refractivity contribution < 1.29 is 83.1 Å². The third kappa shape index (κ3) is 24.7. The Bertz CT molecular complexity index is 2690. The number of rotatable bonds is 36. The fraction of sp³-hybridized carbons (Fsp3) is 0.429. The summed E-state index contributed by atoms with van der Waals surface area (Å²) in [6, 6.07) is 0.857. The third-order valence-corrected chi connectivity index (χ3v) is 11.7. The molecule has 440 valence electrons. The maximum absolute atomic E-state index is 14.3. The summed E-state index contributed by atoms with van der Waals surface area (Å²) < 4.78 is 0. The number of aliphatic imine (C=N–C) groups is 1. The summed E-state index contributed by atoms with van der Waals surface area (Å²) in [6.07, 6.45) is -1.26. The highest BCUT2D eigenvalue weighted by Crippen LogP contribution is 2.13. The van der Waals surface area contributed by atoms with Gasteiger partial charge in [-0.05, 0) is 48.9 Å². The van der Waals surface area contributed by atoms with Crippen molar-refractivity contribution in [2.75, 3.05) is 19.7 Å². The molecule has 8 atom stereocenters. The largest absolute Gasteiger partial charge is 0.508 e. The van der Waals surface area contributed by atoms with E-state index < -0.39 is 165 Å². The van der Waals surface area contributed by atoms with Gasteiger partial charge in [0.15, 0.2) is 5.96 Å². The van der Waals surface area contributed by atoms with Crippen LogP contribution in [-0.4, -0.2) is 181 Å². The number of aromatic nitrogens is 2. The van der Waals surface area contributed by atoms with E-state index in [1.165, 1.54) is 36.8 Å². The normalized spacial score (nSPS) is 13.8. The van der Waals surface area contributed by atoms with Crippen molar-refractivity contribution in [3.8, 4) is 5.75 Å². The van der Waals surface area contributed by atoms with Gasteiger partial charge < -0.3 is 96.0 Å². The second kappa shape index (κ2) is 33.5. The van der Waals surface area contributed by atoms with Gasteiger partial charge >= 0.3 is 17.9 Å². The van der Waals surface area contributed by atoms with E-state index in [1.54, 1.807) is 30.3 Å². The van der Waals surface area contributed by atoms with Crippen LogP contribution >= 0.6 is 0 Å². The first-order chi connectivity index (χ1) is 38.3. The number of hydrogen-bond donors (Lipinski definition) is 18. The van der Waals surface area contributed by atoms with E-state index in [0.717, 1.165) is 0 Å². The number of carboxylic acids is 3. The monoisotopic (exact) mass is 1140 g/mol. The van der Waals surface area contributed by atoms with Gasteiger partial charge in [0, 0.05) is 50.5 Å². The van der Waals surface area contributed by atoms with E-state index in [9.17, 15) is 72.9 Å². The summed E-state index contributed by atoms with van der Waals surface area (Å²) in [5.41, 5.74) is 23.4. The lowest BCUT2D eigenvalue weighted by molar-refractivity contribution is -0.142. The van der Waals surface area contributed by atoms with Gasteiger partial charge in [0.2, 0.25) is 53.2 Å². The second-order valence-corrected chi connectivity index (χ2v) is 18.1. The minimum Gasteiger partial charge on any atom is -0.508 e. The van der Waals surface area contributed by atoms with Crippen LogP contribution in [-0.2, 0) is 76.8 Å². The molecule has 0 unspecified atom stereocenters. The van der Waals surface area contributed by atoms with Crippen molar-refractivity contribution in [3.63, 3.8) is 0 Å². The van der Waals surface area contributed by atoms with Crippen molar-refractivity contribution >= 4 is 77.0 Å². The number of phenolic OH excluding ortho intramolecular Hbond substituents is 1. The third-order valence-electron chi connectivity index (χ3n) is 11.7. The van der Waals surface area contributed by atoms with Crippen LogP contribution in [0.15, 0.2) is 72.1 Å². The van der Waals surface area contributed by atoms with Gasteiger partial charge in [-0.3, -0.25) is 62.5 Å². The lowest BCUT2D eigenvalue weighted by Crippen LogP contribution is -2.60. The summed E-state index contributed by atoms with van der Waals surface area (Å²) in [6.45, 7) is -2.13. The predicted molar refractivity (Wildman–Crippen MR) is 281 cm³/mol. The minimum absolute atomic E-state index is 0.0453. The fourth-order valence-corrected chi connectivity index (χ4v) is 7.45. The number of primary amides is 1. The molecule has 0 saturated heterocycles. The van der Waals surface area contributed by atoms with Crippen molar-refractivity contribution in [1.82, 2.24) is 52.5 Å². The number of nitrogens with one attached hydrogen (secondary N) is 9. The van der Waals surface area contributed by atoms with Gasteiger partial charge in [-0.15, -0.1) is 0 Å². The summed E-state index contributed by atoms with van der Waals surface area (Å²) in [5, 5.41) is 66.4. The number of carbonyl (C=O) groups is 12. The lowest BCUT2D eigenvalue weighted by atomic mass is 10.0. The number of aliphatic hydroxyl groups excluding tert-OH is 1. The smallest absolute Gasteiger partial charge is 0.305 e. The molecule has 0 aliphatic rings. The van der Waals surface area contributed by atoms with Gasteiger partial charge in [-0.25, -0.2) is 4.98 Å². The van der Waals surface area contributed by atoms with Gasteiger partial charge in [0.1, 0.15) is 48.0 Å². The molecule has 0 fully saturated rings. The number of carboxylic acid groups (broad SMARTS) is 3. The number of guanidine groups is 1. The molecule has 32 nitrogen and oxygen atoms in total. The maximum atomic E-state index is 14.3. The molecule has 32 heteroatoms. The SMILES string of the molecule is NC(=O)[C@H](CCC(=O)O)NC(=O)[C@H](Cc1ccc(O)cc1)NC(=O)CNC(=O)[C@H](CO)NC(=O)[C@H](CC(=O)O)NC(=O)[C@H](Cc1cnc[nH]1)NC(=O)[C@H](CCCN=C(N)N)NC(=O)[C@H](Cc1ccccc1)NC(=O)[C@@H](N)CCC(=O)O. The molecule has 9 amide bonds. The Morgan fingerprint density at radius 1 is 0.556 bits per heavy atom.